The van der Waals surface area contributed by atoms with Crippen molar-refractivity contribution >= 4 is 5.97 Å². The Labute approximate surface area is 143 Å². The van der Waals surface area contributed by atoms with Crippen molar-refractivity contribution in [2.45, 2.75) is 84.0 Å². The molecular formula is C21H36O2. The second kappa shape index (κ2) is 13.4. The summed E-state index contributed by atoms with van der Waals surface area (Å²) in [6.07, 6.45) is 24.0. The van der Waals surface area contributed by atoms with Gasteiger partial charge in [-0.25, -0.2) is 4.79 Å². The van der Waals surface area contributed by atoms with Gasteiger partial charge in [-0.1, -0.05) is 89.4 Å². The van der Waals surface area contributed by atoms with Gasteiger partial charge >= 0.3 is 5.97 Å². The van der Waals surface area contributed by atoms with Crippen molar-refractivity contribution in [3.05, 3.63) is 24.3 Å². The van der Waals surface area contributed by atoms with Crippen LogP contribution in [0.4, 0.5) is 0 Å². The van der Waals surface area contributed by atoms with Gasteiger partial charge in [0, 0.05) is 6.08 Å². The molecule has 1 aliphatic carbocycles. The van der Waals surface area contributed by atoms with Crippen LogP contribution in [0.15, 0.2) is 24.3 Å². The molecule has 132 valence electrons. The number of hydrogen-bond acceptors (Lipinski definition) is 2. The van der Waals surface area contributed by atoms with E-state index in [9.17, 15) is 4.79 Å². The molecule has 0 aromatic rings. The molecule has 0 radical (unpaired) electrons. The molecule has 0 bridgehead atoms. The van der Waals surface area contributed by atoms with Gasteiger partial charge in [0.15, 0.2) is 0 Å². The number of methoxy groups -OCH3 is 1. The summed E-state index contributed by atoms with van der Waals surface area (Å²) < 4.78 is 4.56. The first-order valence-electron chi connectivity index (χ1n) is 9.69. The molecule has 2 atom stereocenters. The third kappa shape index (κ3) is 9.63. The number of rotatable bonds is 12. The molecule has 1 rings (SSSR count). The van der Waals surface area contributed by atoms with Crippen LogP contribution in [0.1, 0.15) is 84.0 Å². The van der Waals surface area contributed by atoms with Crippen LogP contribution < -0.4 is 0 Å². The number of carbonyl (C=O) groups is 1. The number of allylic oxidation sites excluding steroid dienone is 3. The minimum atomic E-state index is -0.288. The van der Waals surface area contributed by atoms with E-state index >= 15 is 0 Å². The predicted molar refractivity (Wildman–Crippen MR) is 98.4 cm³/mol. The highest BCUT2D eigenvalue weighted by Gasteiger charge is 2.25. The Bertz CT molecular complexity index is 357. The summed E-state index contributed by atoms with van der Waals surface area (Å²) >= 11 is 0. The Balaban J connectivity index is 2.11. The number of unbranched alkanes of at least 4 members (excludes halogenated alkanes) is 5. The van der Waals surface area contributed by atoms with Gasteiger partial charge in [0.25, 0.3) is 0 Å². The summed E-state index contributed by atoms with van der Waals surface area (Å²) in [6.45, 7) is 2.28. The van der Waals surface area contributed by atoms with Crippen LogP contribution in [-0.2, 0) is 9.53 Å². The Hall–Kier alpha value is -1.05. The van der Waals surface area contributed by atoms with Gasteiger partial charge < -0.3 is 4.74 Å². The molecule has 2 nitrogen and oxygen atoms in total. The SMILES string of the molecule is CCCCCCCC[C@H]1CCC[C@@H]1CCC=C/C=C/C(=O)OC. The van der Waals surface area contributed by atoms with Gasteiger partial charge in [-0.15, -0.1) is 0 Å². The highest BCUT2D eigenvalue weighted by atomic mass is 16.5. The molecule has 1 fully saturated rings. The number of hydrogen-bond donors (Lipinski definition) is 0. The number of carbonyl (C=O) groups excluding carboxylic acids is 1. The Morgan fingerprint density at radius 1 is 1.00 bits per heavy atom. The van der Waals surface area contributed by atoms with Crippen LogP contribution in [0.25, 0.3) is 0 Å². The van der Waals surface area contributed by atoms with Crippen LogP contribution in [0.2, 0.25) is 0 Å². The van der Waals surface area contributed by atoms with Crippen molar-refractivity contribution in [3.8, 4) is 0 Å². The fourth-order valence-corrected chi connectivity index (χ4v) is 3.75. The third-order valence-electron chi connectivity index (χ3n) is 5.13. The molecule has 0 N–H and O–H groups in total. The summed E-state index contributed by atoms with van der Waals surface area (Å²) in [5.74, 6) is 1.62. The largest absolute Gasteiger partial charge is 0.466 e. The maximum atomic E-state index is 10.9. The van der Waals surface area contributed by atoms with Crippen LogP contribution in [-0.4, -0.2) is 13.1 Å². The monoisotopic (exact) mass is 320 g/mol. The zero-order chi connectivity index (χ0) is 16.8. The van der Waals surface area contributed by atoms with Crippen LogP contribution in [0.3, 0.4) is 0 Å². The maximum absolute atomic E-state index is 10.9. The lowest BCUT2D eigenvalue weighted by Gasteiger charge is -2.18. The van der Waals surface area contributed by atoms with E-state index in [0.29, 0.717) is 0 Å². The van der Waals surface area contributed by atoms with Gasteiger partial charge in [-0.3, -0.25) is 0 Å². The van der Waals surface area contributed by atoms with Gasteiger partial charge in [-0.05, 0) is 24.7 Å². The molecular weight excluding hydrogens is 284 g/mol. The minimum absolute atomic E-state index is 0.288. The summed E-state index contributed by atoms with van der Waals surface area (Å²) in [5.41, 5.74) is 0. The fourth-order valence-electron chi connectivity index (χ4n) is 3.75. The van der Waals surface area contributed by atoms with Gasteiger partial charge in [0.2, 0.25) is 0 Å². The second-order valence-electron chi connectivity index (χ2n) is 6.90. The molecule has 0 heterocycles. The van der Waals surface area contributed by atoms with Crippen molar-refractivity contribution in [2.24, 2.45) is 11.8 Å². The highest BCUT2D eigenvalue weighted by Crippen LogP contribution is 2.38. The van der Waals surface area contributed by atoms with Crippen molar-refractivity contribution < 1.29 is 9.53 Å². The van der Waals surface area contributed by atoms with Crippen molar-refractivity contribution in [2.75, 3.05) is 7.11 Å². The van der Waals surface area contributed by atoms with Gasteiger partial charge in [0.1, 0.15) is 0 Å². The molecule has 2 heteroatoms. The summed E-state index contributed by atoms with van der Waals surface area (Å²) in [5, 5.41) is 0. The molecule has 23 heavy (non-hydrogen) atoms. The van der Waals surface area contributed by atoms with Crippen molar-refractivity contribution in [3.63, 3.8) is 0 Å². The highest BCUT2D eigenvalue weighted by molar-refractivity contribution is 5.82. The Morgan fingerprint density at radius 3 is 2.43 bits per heavy atom. The van der Waals surface area contributed by atoms with E-state index in [0.717, 1.165) is 18.3 Å². The molecule has 1 aliphatic rings. The van der Waals surface area contributed by atoms with Crippen LogP contribution in [0.5, 0.6) is 0 Å². The van der Waals surface area contributed by atoms with Crippen molar-refractivity contribution in [1.29, 1.82) is 0 Å². The molecule has 0 spiro atoms. The van der Waals surface area contributed by atoms with E-state index in [4.69, 9.17) is 0 Å². The molecule has 0 aromatic carbocycles. The van der Waals surface area contributed by atoms with E-state index < -0.39 is 0 Å². The number of esters is 1. The molecule has 0 saturated heterocycles. The first-order chi connectivity index (χ1) is 11.3. The van der Waals surface area contributed by atoms with E-state index in [1.807, 2.05) is 6.08 Å². The van der Waals surface area contributed by atoms with Crippen molar-refractivity contribution in [1.82, 2.24) is 0 Å². The minimum Gasteiger partial charge on any atom is -0.466 e. The third-order valence-corrected chi connectivity index (χ3v) is 5.13. The molecule has 0 unspecified atom stereocenters. The zero-order valence-corrected chi connectivity index (χ0v) is 15.3. The lowest BCUT2D eigenvalue weighted by molar-refractivity contribution is -0.134. The molecule has 1 saturated carbocycles. The zero-order valence-electron chi connectivity index (χ0n) is 15.3. The normalized spacial score (nSPS) is 21.5. The average Bonchev–Trinajstić information content (AvgIpc) is 3.01. The standard InChI is InChI=1S/C21H36O2/c1-3-4-5-6-7-10-14-19-16-13-17-20(19)15-11-8-9-12-18-21(22)23-2/h8-9,12,18-20H,3-7,10-11,13-17H2,1-2H3/b9-8?,18-12+/t19-,20-/m0/s1. The van der Waals surface area contributed by atoms with Gasteiger partial charge in [0.05, 0.1) is 7.11 Å². The fraction of sp³-hybridized carbons (Fsp3) is 0.762. The van der Waals surface area contributed by atoms with E-state index in [-0.39, 0.29) is 5.97 Å². The van der Waals surface area contributed by atoms with Crippen LogP contribution >= 0.6 is 0 Å². The molecule has 0 aliphatic heterocycles. The molecule has 0 amide bonds. The summed E-state index contributed by atoms with van der Waals surface area (Å²) in [7, 11) is 1.40. The lowest BCUT2D eigenvalue weighted by Crippen LogP contribution is -2.07. The quantitative estimate of drug-likeness (QED) is 0.185. The van der Waals surface area contributed by atoms with E-state index in [1.54, 1.807) is 6.08 Å². The average molecular weight is 321 g/mol. The summed E-state index contributed by atoms with van der Waals surface area (Å²) in [6, 6.07) is 0. The van der Waals surface area contributed by atoms with E-state index in [1.165, 1.54) is 83.8 Å². The number of ether oxygens (including phenoxy) is 1. The first-order valence-corrected chi connectivity index (χ1v) is 9.69. The Morgan fingerprint density at radius 2 is 1.70 bits per heavy atom. The first kappa shape index (κ1) is 20.0. The summed E-state index contributed by atoms with van der Waals surface area (Å²) in [4.78, 5) is 10.9. The lowest BCUT2D eigenvalue weighted by atomic mass is 9.87. The topological polar surface area (TPSA) is 26.3 Å². The van der Waals surface area contributed by atoms with Gasteiger partial charge in [-0.2, -0.15) is 0 Å². The van der Waals surface area contributed by atoms with E-state index in [2.05, 4.69) is 17.7 Å². The smallest absolute Gasteiger partial charge is 0.330 e. The second-order valence-corrected chi connectivity index (χ2v) is 6.90. The van der Waals surface area contributed by atoms with Crippen LogP contribution in [0, 0.1) is 11.8 Å². The maximum Gasteiger partial charge on any atom is 0.330 e. The predicted octanol–water partition coefficient (Wildman–Crippen LogP) is 6.22. The molecule has 0 aromatic heterocycles. The Kier molecular flexibility index (Phi) is 11.6.